The van der Waals surface area contributed by atoms with E-state index < -0.39 is 0 Å². The second kappa shape index (κ2) is 9.13. The molecule has 0 saturated carbocycles. The molecule has 0 fully saturated rings. The average Bonchev–Trinajstić information content (AvgIpc) is 3.88. The van der Waals surface area contributed by atoms with Crippen LogP contribution in [-0.2, 0) is 5.41 Å². The molecule has 0 atom stereocenters. The van der Waals surface area contributed by atoms with Crippen LogP contribution in [-0.4, -0.2) is 14.5 Å². The third kappa shape index (κ3) is 3.12. The molecular weight excluding hydrogens is 655 g/mol. The van der Waals surface area contributed by atoms with Crippen molar-refractivity contribution in [2.75, 3.05) is 0 Å². The second-order valence-electron chi connectivity index (χ2n) is 14.9. The van der Waals surface area contributed by atoms with Gasteiger partial charge in [0.15, 0.2) is 5.82 Å². The van der Waals surface area contributed by atoms with Gasteiger partial charge in [0, 0.05) is 47.3 Å². The van der Waals surface area contributed by atoms with Crippen LogP contribution in [0.5, 0.6) is 0 Å². The molecule has 2 aliphatic carbocycles. The van der Waals surface area contributed by atoms with Gasteiger partial charge in [-0.1, -0.05) is 105 Å². The molecule has 4 heterocycles. The quantitative estimate of drug-likeness (QED) is 0.182. The number of furan rings is 1. The van der Waals surface area contributed by atoms with Gasteiger partial charge in [0.2, 0.25) is 5.71 Å². The zero-order valence-electron chi connectivity index (χ0n) is 28.3. The molecule has 2 aliphatic rings. The van der Waals surface area contributed by atoms with Crippen molar-refractivity contribution < 1.29 is 4.42 Å². The van der Waals surface area contributed by atoms with Crippen LogP contribution in [0.25, 0.3) is 114 Å². The predicted molar refractivity (Wildman–Crippen MR) is 216 cm³/mol. The van der Waals surface area contributed by atoms with Crippen LogP contribution >= 0.6 is 11.3 Å². The summed E-state index contributed by atoms with van der Waals surface area (Å²) < 4.78 is 11.5. The fourth-order valence-corrected chi connectivity index (χ4v) is 11.0. The Balaban J connectivity index is 1.25. The minimum Gasteiger partial charge on any atom is -0.436 e. The van der Waals surface area contributed by atoms with Crippen molar-refractivity contribution in [2.24, 2.45) is 0 Å². The lowest BCUT2D eigenvalue weighted by Crippen LogP contribution is -2.17. The number of thiophene rings is 1. The lowest BCUT2D eigenvalue weighted by molar-refractivity contribution is 0.651. The van der Waals surface area contributed by atoms with Crippen molar-refractivity contribution in [1.29, 1.82) is 0 Å². The fraction of sp³-hybridized carbons (Fsp3) is 0.0638. The topological polar surface area (TPSA) is 43.9 Å². The first kappa shape index (κ1) is 27.4. The number of benzene rings is 7. The maximum atomic E-state index is 6.50. The molecule has 0 radical (unpaired) electrons. The number of rotatable bonds is 2. The van der Waals surface area contributed by atoms with Gasteiger partial charge in [-0.25, -0.2) is 4.98 Å². The summed E-state index contributed by atoms with van der Waals surface area (Å²) in [4.78, 5) is 11.1. The summed E-state index contributed by atoms with van der Waals surface area (Å²) in [6, 6.07) is 46.4. The van der Waals surface area contributed by atoms with Crippen LogP contribution in [0.3, 0.4) is 0 Å². The van der Waals surface area contributed by atoms with E-state index in [0.717, 1.165) is 44.6 Å². The van der Waals surface area contributed by atoms with Gasteiger partial charge in [-0.2, -0.15) is 4.98 Å². The Morgan fingerprint density at radius 3 is 2.17 bits per heavy atom. The Bertz CT molecular complexity index is 3450. The van der Waals surface area contributed by atoms with E-state index in [0.29, 0.717) is 5.71 Å². The molecular formula is C47H27N3OS. The normalized spacial score (nSPS) is 14.1. The summed E-state index contributed by atoms with van der Waals surface area (Å²) in [6.07, 6.45) is 0. The zero-order valence-corrected chi connectivity index (χ0v) is 29.1. The summed E-state index contributed by atoms with van der Waals surface area (Å²) in [5.41, 5.74) is 13.8. The molecule has 0 spiro atoms. The van der Waals surface area contributed by atoms with Crippen LogP contribution < -0.4 is 0 Å². The average molecular weight is 682 g/mol. The van der Waals surface area contributed by atoms with Crippen LogP contribution in [0.2, 0.25) is 0 Å². The fourth-order valence-electron chi connectivity index (χ4n) is 9.85. The molecule has 52 heavy (non-hydrogen) atoms. The summed E-state index contributed by atoms with van der Waals surface area (Å²) in [7, 11) is 0. The van der Waals surface area contributed by atoms with Gasteiger partial charge >= 0.3 is 0 Å². The number of para-hydroxylation sites is 1. The standard InChI is InChI=1S/C47H27N3OS/c1-47(2)31-17-5-3-11-25(31)28-15-8-16-30(42(28)47)43-45(49-46-44(48-43)29-12-4-6-18-34(29)51-46)50-32-21-20-24-10-7-13-26-27-14-9-19-35-38(27)41-36(52-35)23-22-33(50)40(41)39(32)37(24)26/h3-23H,1-2H3. The molecule has 4 aromatic heterocycles. The molecule has 7 aromatic carbocycles. The van der Waals surface area contributed by atoms with E-state index in [1.54, 1.807) is 0 Å². The monoisotopic (exact) mass is 681 g/mol. The lowest BCUT2D eigenvalue weighted by atomic mass is 9.79. The molecule has 0 unspecified atom stereocenters. The van der Waals surface area contributed by atoms with Gasteiger partial charge < -0.3 is 4.42 Å². The summed E-state index contributed by atoms with van der Waals surface area (Å²) in [6.45, 7) is 4.69. The molecule has 11 aromatic rings. The van der Waals surface area contributed by atoms with E-state index in [1.807, 2.05) is 29.5 Å². The maximum Gasteiger partial charge on any atom is 0.248 e. The van der Waals surface area contributed by atoms with Gasteiger partial charge in [-0.3, -0.25) is 4.57 Å². The van der Waals surface area contributed by atoms with Crippen LogP contribution in [0.4, 0.5) is 0 Å². The first-order valence-electron chi connectivity index (χ1n) is 17.8. The Morgan fingerprint density at radius 2 is 1.25 bits per heavy atom. The Morgan fingerprint density at radius 1 is 0.558 bits per heavy atom. The van der Waals surface area contributed by atoms with Crippen molar-refractivity contribution in [1.82, 2.24) is 14.5 Å². The first-order chi connectivity index (χ1) is 25.6. The van der Waals surface area contributed by atoms with Gasteiger partial charge in [-0.15, -0.1) is 11.3 Å². The SMILES string of the molecule is CC1(C)c2ccccc2-c2cccc(-c3nc4c(nc3-n3c5ccc6cccc7c6c5c5c6c(ccc53)sc3cccc-7c36)oc3ccccc34)c21. The summed E-state index contributed by atoms with van der Waals surface area (Å²) in [5, 5.41) is 8.73. The maximum absolute atomic E-state index is 6.50. The Hall–Kier alpha value is -6.30. The van der Waals surface area contributed by atoms with E-state index in [1.165, 1.54) is 75.1 Å². The van der Waals surface area contributed by atoms with E-state index in [2.05, 4.69) is 128 Å². The lowest BCUT2D eigenvalue weighted by Gasteiger charge is -2.25. The molecule has 242 valence electrons. The molecule has 0 bridgehead atoms. The zero-order chi connectivity index (χ0) is 34.0. The number of nitrogens with zero attached hydrogens (tertiary/aromatic N) is 3. The van der Waals surface area contributed by atoms with E-state index in [-0.39, 0.29) is 5.41 Å². The van der Waals surface area contributed by atoms with Crippen molar-refractivity contribution in [3.8, 4) is 39.3 Å². The van der Waals surface area contributed by atoms with E-state index in [4.69, 9.17) is 14.4 Å². The van der Waals surface area contributed by atoms with Crippen molar-refractivity contribution in [3.63, 3.8) is 0 Å². The Kier molecular flexibility index (Phi) is 4.81. The van der Waals surface area contributed by atoms with Gasteiger partial charge in [-0.05, 0) is 80.6 Å². The highest BCUT2D eigenvalue weighted by molar-refractivity contribution is 7.26. The first-order valence-corrected chi connectivity index (χ1v) is 18.7. The molecule has 0 saturated heterocycles. The molecule has 5 heteroatoms. The number of hydrogen-bond acceptors (Lipinski definition) is 4. The number of fused-ring (bicyclic) bond motifs is 7. The highest BCUT2D eigenvalue weighted by Gasteiger charge is 2.39. The minimum absolute atomic E-state index is 0.236. The Labute approximate surface area is 301 Å². The smallest absolute Gasteiger partial charge is 0.248 e. The number of aromatic nitrogens is 3. The molecule has 4 nitrogen and oxygen atoms in total. The van der Waals surface area contributed by atoms with Crippen LogP contribution in [0.15, 0.2) is 132 Å². The third-order valence-electron chi connectivity index (χ3n) is 11.9. The molecule has 0 aliphatic heterocycles. The molecule has 13 rings (SSSR count). The summed E-state index contributed by atoms with van der Waals surface area (Å²) in [5.74, 6) is 0.781. The van der Waals surface area contributed by atoms with Crippen molar-refractivity contribution in [3.05, 3.63) is 139 Å². The minimum atomic E-state index is -0.236. The highest BCUT2D eigenvalue weighted by atomic mass is 32.1. The molecule has 0 amide bonds. The largest absolute Gasteiger partial charge is 0.436 e. The highest BCUT2D eigenvalue weighted by Crippen LogP contribution is 2.55. The van der Waals surface area contributed by atoms with E-state index in [9.17, 15) is 0 Å². The second-order valence-corrected chi connectivity index (χ2v) is 15.9. The van der Waals surface area contributed by atoms with Gasteiger partial charge in [0.25, 0.3) is 0 Å². The molecule has 0 N–H and O–H groups in total. The summed E-state index contributed by atoms with van der Waals surface area (Å²) >= 11 is 1.88. The van der Waals surface area contributed by atoms with Crippen molar-refractivity contribution in [2.45, 2.75) is 19.3 Å². The van der Waals surface area contributed by atoms with Crippen molar-refractivity contribution >= 4 is 86.3 Å². The van der Waals surface area contributed by atoms with Gasteiger partial charge in [0.1, 0.15) is 16.8 Å². The van der Waals surface area contributed by atoms with Crippen LogP contribution in [0.1, 0.15) is 25.0 Å². The van der Waals surface area contributed by atoms with Gasteiger partial charge in [0.05, 0.1) is 11.0 Å². The predicted octanol–water partition coefficient (Wildman–Crippen LogP) is 12.9. The van der Waals surface area contributed by atoms with E-state index >= 15 is 0 Å². The third-order valence-corrected chi connectivity index (χ3v) is 13.0. The number of hydrogen-bond donors (Lipinski definition) is 0. The van der Waals surface area contributed by atoms with Crippen LogP contribution in [0, 0.1) is 0 Å².